The summed E-state index contributed by atoms with van der Waals surface area (Å²) in [5, 5.41) is 11.4. The van der Waals surface area contributed by atoms with E-state index in [4.69, 9.17) is 16.3 Å². The van der Waals surface area contributed by atoms with Crippen molar-refractivity contribution in [2.24, 2.45) is 0 Å². The van der Waals surface area contributed by atoms with E-state index in [9.17, 15) is 14.9 Å². The van der Waals surface area contributed by atoms with Crippen molar-refractivity contribution in [1.82, 2.24) is 9.38 Å². The second-order valence-corrected chi connectivity index (χ2v) is 7.32. The Morgan fingerprint density at radius 1 is 1.22 bits per heavy atom. The van der Waals surface area contributed by atoms with Crippen LogP contribution < -0.4 is 9.64 Å². The van der Waals surface area contributed by atoms with Crippen LogP contribution in [-0.2, 0) is 4.79 Å². The molecule has 0 fully saturated rings. The summed E-state index contributed by atoms with van der Waals surface area (Å²) < 4.78 is 7.10. The van der Waals surface area contributed by atoms with Gasteiger partial charge >= 0.3 is 0 Å². The Morgan fingerprint density at radius 2 is 1.97 bits per heavy atom. The molecule has 0 aliphatic heterocycles. The number of ether oxygens (including phenoxy) is 1. The number of para-hydroxylation sites is 1. The molecule has 1 amide bonds. The van der Waals surface area contributed by atoms with Gasteiger partial charge in [-0.3, -0.25) is 24.2 Å². The van der Waals surface area contributed by atoms with Crippen LogP contribution >= 0.6 is 0 Å². The van der Waals surface area contributed by atoms with E-state index in [-0.39, 0.29) is 11.6 Å². The smallest absolute Gasteiger partial charge is 0.286 e. The summed E-state index contributed by atoms with van der Waals surface area (Å²) in [4.78, 5) is 33.3. The number of pyridine rings is 1. The SMILES string of the molecule is [C-]#[N+]CCCCCCN(C(C)=O)c1c(-c2ccccc2OC)nc2ccc([N+](=O)[O-])cn12. The van der Waals surface area contributed by atoms with Crippen LogP contribution in [0.25, 0.3) is 21.7 Å². The minimum atomic E-state index is -0.471. The van der Waals surface area contributed by atoms with E-state index in [0.29, 0.717) is 41.6 Å². The highest BCUT2D eigenvalue weighted by Gasteiger charge is 2.25. The van der Waals surface area contributed by atoms with Gasteiger partial charge in [-0.1, -0.05) is 18.6 Å². The van der Waals surface area contributed by atoms with Crippen molar-refractivity contribution in [2.75, 3.05) is 25.1 Å². The first-order chi connectivity index (χ1) is 15.5. The zero-order valence-corrected chi connectivity index (χ0v) is 18.2. The molecule has 0 N–H and O–H groups in total. The van der Waals surface area contributed by atoms with Gasteiger partial charge in [-0.05, 0) is 31.0 Å². The van der Waals surface area contributed by atoms with E-state index in [0.717, 1.165) is 25.7 Å². The maximum absolute atomic E-state index is 12.7. The first-order valence-corrected chi connectivity index (χ1v) is 10.4. The van der Waals surface area contributed by atoms with Gasteiger partial charge in [-0.15, -0.1) is 0 Å². The molecular formula is C23H25N5O4. The van der Waals surface area contributed by atoms with Gasteiger partial charge in [-0.25, -0.2) is 11.6 Å². The summed E-state index contributed by atoms with van der Waals surface area (Å²) in [6.45, 7) is 9.28. The van der Waals surface area contributed by atoms with Crippen molar-refractivity contribution in [3.63, 3.8) is 0 Å². The molecular weight excluding hydrogens is 410 g/mol. The summed E-state index contributed by atoms with van der Waals surface area (Å²) in [7, 11) is 1.56. The Labute approximate surface area is 186 Å². The minimum absolute atomic E-state index is 0.0922. The molecule has 3 aromatic rings. The number of hydrogen-bond acceptors (Lipinski definition) is 5. The number of unbranched alkanes of at least 4 members (excludes halogenated alkanes) is 3. The van der Waals surface area contributed by atoms with Gasteiger partial charge in [0.15, 0.2) is 0 Å². The lowest BCUT2D eigenvalue weighted by molar-refractivity contribution is -0.385. The Kier molecular flexibility index (Phi) is 7.39. The normalized spacial score (nSPS) is 10.7. The highest BCUT2D eigenvalue weighted by atomic mass is 16.6. The summed E-state index contributed by atoms with van der Waals surface area (Å²) in [5.74, 6) is 0.881. The zero-order chi connectivity index (χ0) is 23.1. The summed E-state index contributed by atoms with van der Waals surface area (Å²) in [6, 6.07) is 10.3. The largest absolute Gasteiger partial charge is 0.496 e. The highest BCUT2D eigenvalue weighted by Crippen LogP contribution is 2.37. The number of hydrogen-bond donors (Lipinski definition) is 0. The van der Waals surface area contributed by atoms with Crippen molar-refractivity contribution >= 4 is 23.1 Å². The topological polar surface area (TPSA) is 94.3 Å². The van der Waals surface area contributed by atoms with Crippen LogP contribution in [0.4, 0.5) is 11.5 Å². The molecule has 0 aliphatic carbocycles. The van der Waals surface area contributed by atoms with E-state index in [2.05, 4.69) is 4.85 Å². The maximum Gasteiger partial charge on any atom is 0.286 e. The third kappa shape index (κ3) is 4.86. The third-order valence-corrected chi connectivity index (χ3v) is 5.19. The molecule has 1 aromatic carbocycles. The van der Waals surface area contributed by atoms with E-state index in [1.807, 2.05) is 18.2 Å². The number of aromatic nitrogens is 2. The van der Waals surface area contributed by atoms with Crippen LogP contribution in [0.2, 0.25) is 0 Å². The van der Waals surface area contributed by atoms with Crippen molar-refractivity contribution in [1.29, 1.82) is 0 Å². The van der Waals surface area contributed by atoms with Gasteiger partial charge in [-0.2, -0.15) is 0 Å². The van der Waals surface area contributed by atoms with E-state index in [1.165, 1.54) is 19.2 Å². The van der Waals surface area contributed by atoms with Crippen molar-refractivity contribution in [3.05, 3.63) is 64.1 Å². The number of amides is 1. The van der Waals surface area contributed by atoms with Crippen molar-refractivity contribution < 1.29 is 14.5 Å². The number of methoxy groups -OCH3 is 1. The molecule has 0 bridgehead atoms. The molecule has 166 valence electrons. The van der Waals surface area contributed by atoms with Gasteiger partial charge < -0.3 is 9.58 Å². The molecule has 3 rings (SSSR count). The van der Waals surface area contributed by atoms with E-state index >= 15 is 0 Å². The molecule has 0 radical (unpaired) electrons. The molecule has 9 nitrogen and oxygen atoms in total. The number of nitro groups is 1. The fraction of sp³-hybridized carbons (Fsp3) is 0.348. The van der Waals surface area contributed by atoms with Crippen molar-refractivity contribution in [2.45, 2.75) is 32.6 Å². The lowest BCUT2D eigenvalue weighted by Crippen LogP contribution is -2.31. The number of imidazole rings is 1. The van der Waals surface area contributed by atoms with Gasteiger partial charge in [0, 0.05) is 31.5 Å². The lowest BCUT2D eigenvalue weighted by atomic mass is 10.1. The second-order valence-electron chi connectivity index (χ2n) is 7.32. The van der Waals surface area contributed by atoms with Crippen molar-refractivity contribution in [3.8, 4) is 17.0 Å². The maximum atomic E-state index is 12.7. The quantitative estimate of drug-likeness (QED) is 0.198. The predicted octanol–water partition coefficient (Wildman–Crippen LogP) is 4.75. The molecule has 2 aromatic heterocycles. The molecule has 0 aliphatic rings. The lowest BCUT2D eigenvalue weighted by Gasteiger charge is -2.22. The molecule has 2 heterocycles. The fourth-order valence-corrected chi connectivity index (χ4v) is 3.63. The molecule has 32 heavy (non-hydrogen) atoms. The fourth-order valence-electron chi connectivity index (χ4n) is 3.63. The highest BCUT2D eigenvalue weighted by molar-refractivity contribution is 5.96. The number of carbonyl (C=O) groups is 1. The molecule has 0 atom stereocenters. The minimum Gasteiger partial charge on any atom is -0.496 e. The average molecular weight is 435 g/mol. The predicted molar refractivity (Wildman–Crippen MR) is 122 cm³/mol. The molecule has 9 heteroatoms. The summed E-state index contributed by atoms with van der Waals surface area (Å²) >= 11 is 0. The van der Waals surface area contributed by atoms with Crippen LogP contribution in [-0.4, -0.2) is 40.4 Å². The number of fused-ring (bicyclic) bond motifs is 1. The Hall–Kier alpha value is -3.93. The number of benzene rings is 1. The van der Waals surface area contributed by atoms with Crippen LogP contribution in [0.1, 0.15) is 32.6 Å². The number of nitrogens with zero attached hydrogens (tertiary/aromatic N) is 5. The monoisotopic (exact) mass is 435 g/mol. The number of carbonyl (C=O) groups excluding carboxylic acids is 1. The van der Waals surface area contributed by atoms with E-state index in [1.54, 1.807) is 28.5 Å². The molecule has 0 unspecified atom stereocenters. The Morgan fingerprint density at radius 3 is 2.66 bits per heavy atom. The van der Waals surface area contributed by atoms with Crippen LogP contribution in [0.15, 0.2) is 42.6 Å². The first-order valence-electron chi connectivity index (χ1n) is 10.4. The van der Waals surface area contributed by atoms with Crippen LogP contribution in [0, 0.1) is 16.7 Å². The van der Waals surface area contributed by atoms with Gasteiger partial charge in [0.05, 0.1) is 18.2 Å². The van der Waals surface area contributed by atoms with Gasteiger partial charge in [0.25, 0.3) is 5.69 Å². The summed E-state index contributed by atoms with van der Waals surface area (Å²) in [5.41, 5.74) is 1.62. The van der Waals surface area contributed by atoms with Crippen LogP contribution in [0.3, 0.4) is 0 Å². The first kappa shape index (κ1) is 22.7. The zero-order valence-electron chi connectivity index (χ0n) is 18.2. The molecule has 0 saturated heterocycles. The van der Waals surface area contributed by atoms with Gasteiger partial charge in [0.2, 0.25) is 12.5 Å². The Bertz CT molecular complexity index is 1160. The third-order valence-electron chi connectivity index (χ3n) is 5.19. The number of anilines is 1. The molecule has 0 spiro atoms. The molecule has 0 saturated carbocycles. The second kappa shape index (κ2) is 10.4. The van der Waals surface area contributed by atoms with Gasteiger partial charge in [0.1, 0.15) is 22.9 Å². The average Bonchev–Trinajstić information content (AvgIpc) is 3.16. The number of rotatable bonds is 10. The summed E-state index contributed by atoms with van der Waals surface area (Å²) in [6.07, 6.45) is 4.75. The standard InChI is InChI=1S/C23H25N5O4/c1-17(29)26(15-9-5-4-8-14-24-2)23-22(19-10-6-7-11-20(19)32-3)25-21-13-12-18(28(30)31)16-27(21)23/h6-7,10-13,16H,4-5,8-9,14-15H2,1,3H3. The van der Waals surface area contributed by atoms with Crippen LogP contribution in [0.5, 0.6) is 5.75 Å². The Balaban J connectivity index is 2.10. The van der Waals surface area contributed by atoms with E-state index < -0.39 is 4.92 Å².